The molecule has 0 aromatic heterocycles. The largest absolute Gasteiger partial charge is 0.497 e. The number of benzene rings is 2. The van der Waals surface area contributed by atoms with Gasteiger partial charge in [-0.15, -0.1) is 0 Å². The molecule has 1 atom stereocenters. The number of amidine groups is 1. The molecular weight excluding hydrogens is 470 g/mol. The second-order valence-corrected chi connectivity index (χ2v) is 10.8. The highest BCUT2D eigenvalue weighted by Crippen LogP contribution is 2.30. The SMILES string of the molecule is CCCN(CCC)S(=O)(=O)c1ccc(/C=C/C(=O)NC2=NC(c3ccc(OC)cc3)CS2)cc1. The Morgan fingerprint density at radius 3 is 2.35 bits per heavy atom. The predicted molar refractivity (Wildman–Crippen MR) is 139 cm³/mol. The molecular formula is C25H31N3O4S2. The van der Waals surface area contributed by atoms with Gasteiger partial charge < -0.3 is 10.1 Å². The summed E-state index contributed by atoms with van der Waals surface area (Å²) in [4.78, 5) is 17.2. The maximum atomic E-state index is 12.9. The van der Waals surface area contributed by atoms with Gasteiger partial charge in [0, 0.05) is 24.9 Å². The number of ether oxygens (including phenoxy) is 1. The molecule has 2 aromatic rings. The summed E-state index contributed by atoms with van der Waals surface area (Å²) in [5, 5.41) is 3.40. The van der Waals surface area contributed by atoms with Crippen LogP contribution in [-0.4, -0.2) is 49.8 Å². The fraction of sp³-hybridized carbons (Fsp3) is 0.360. The Morgan fingerprint density at radius 2 is 1.76 bits per heavy atom. The van der Waals surface area contributed by atoms with Crippen LogP contribution in [-0.2, 0) is 14.8 Å². The highest BCUT2D eigenvalue weighted by molar-refractivity contribution is 8.14. The molecule has 2 aromatic carbocycles. The molecule has 1 amide bonds. The summed E-state index contributed by atoms with van der Waals surface area (Å²) in [6.45, 7) is 4.93. The number of carbonyl (C=O) groups excluding carboxylic acids is 1. The molecule has 0 fully saturated rings. The Morgan fingerprint density at radius 1 is 1.12 bits per heavy atom. The van der Waals surface area contributed by atoms with Gasteiger partial charge in [-0.3, -0.25) is 9.79 Å². The average molecular weight is 502 g/mol. The summed E-state index contributed by atoms with van der Waals surface area (Å²) in [6.07, 6.45) is 4.61. The van der Waals surface area contributed by atoms with Crippen molar-refractivity contribution in [2.24, 2.45) is 4.99 Å². The second-order valence-electron chi connectivity index (χ2n) is 7.83. The quantitative estimate of drug-likeness (QED) is 0.485. The van der Waals surface area contributed by atoms with Gasteiger partial charge in [-0.1, -0.05) is 49.9 Å². The van der Waals surface area contributed by atoms with E-state index in [0.29, 0.717) is 18.3 Å². The molecule has 1 aliphatic heterocycles. The zero-order valence-electron chi connectivity index (χ0n) is 19.7. The van der Waals surface area contributed by atoms with Crippen LogP contribution < -0.4 is 10.1 Å². The second kappa shape index (κ2) is 12.2. The van der Waals surface area contributed by atoms with Gasteiger partial charge in [0.2, 0.25) is 15.9 Å². The summed E-state index contributed by atoms with van der Waals surface area (Å²) in [7, 11) is -1.89. The number of nitrogens with zero attached hydrogens (tertiary/aromatic N) is 2. The number of aliphatic imine (C=N–C) groups is 1. The molecule has 0 saturated heterocycles. The van der Waals surface area contributed by atoms with Crippen molar-refractivity contribution in [2.75, 3.05) is 26.0 Å². The molecule has 0 bridgehead atoms. The minimum Gasteiger partial charge on any atom is -0.497 e. The molecule has 1 unspecified atom stereocenters. The first-order valence-electron chi connectivity index (χ1n) is 11.3. The first-order chi connectivity index (χ1) is 16.4. The molecule has 1 N–H and O–H groups in total. The Balaban J connectivity index is 1.59. The number of hydrogen-bond donors (Lipinski definition) is 1. The van der Waals surface area contributed by atoms with Gasteiger partial charge in [0.15, 0.2) is 5.17 Å². The van der Waals surface area contributed by atoms with Gasteiger partial charge in [-0.05, 0) is 54.3 Å². The lowest BCUT2D eigenvalue weighted by atomic mass is 10.1. The number of rotatable bonds is 10. The third-order valence-electron chi connectivity index (χ3n) is 5.27. The number of sulfonamides is 1. The molecule has 9 heteroatoms. The lowest BCUT2D eigenvalue weighted by Crippen LogP contribution is -2.32. The van der Waals surface area contributed by atoms with Gasteiger partial charge in [0.1, 0.15) is 5.75 Å². The number of methoxy groups -OCH3 is 1. The highest BCUT2D eigenvalue weighted by atomic mass is 32.2. The van der Waals surface area contributed by atoms with Crippen molar-refractivity contribution < 1.29 is 17.9 Å². The monoisotopic (exact) mass is 501 g/mol. The summed E-state index contributed by atoms with van der Waals surface area (Å²) in [5.74, 6) is 1.27. The van der Waals surface area contributed by atoms with E-state index in [4.69, 9.17) is 4.74 Å². The fourth-order valence-electron chi connectivity index (χ4n) is 3.51. The smallest absolute Gasteiger partial charge is 0.249 e. The molecule has 34 heavy (non-hydrogen) atoms. The molecule has 0 aliphatic carbocycles. The van der Waals surface area contributed by atoms with Crippen LogP contribution >= 0.6 is 11.8 Å². The highest BCUT2D eigenvalue weighted by Gasteiger charge is 2.23. The maximum absolute atomic E-state index is 12.9. The molecule has 0 radical (unpaired) electrons. The van der Waals surface area contributed by atoms with Crippen molar-refractivity contribution in [2.45, 2.75) is 37.6 Å². The van der Waals surface area contributed by atoms with Gasteiger partial charge in [-0.25, -0.2) is 8.42 Å². The third-order valence-corrected chi connectivity index (χ3v) is 8.15. The van der Waals surface area contributed by atoms with E-state index in [1.54, 1.807) is 37.5 Å². The summed E-state index contributed by atoms with van der Waals surface area (Å²) >= 11 is 1.50. The third kappa shape index (κ3) is 6.71. The molecule has 0 spiro atoms. The number of amides is 1. The Labute approximate surface area is 206 Å². The van der Waals surface area contributed by atoms with Crippen LogP contribution in [0.15, 0.2) is 64.5 Å². The number of carbonyl (C=O) groups is 1. The van der Waals surface area contributed by atoms with E-state index in [1.165, 1.54) is 22.1 Å². The Kier molecular flexibility index (Phi) is 9.32. The summed E-state index contributed by atoms with van der Waals surface area (Å²) in [5.41, 5.74) is 1.81. The zero-order chi connectivity index (χ0) is 24.6. The van der Waals surface area contributed by atoms with Crippen molar-refractivity contribution in [3.8, 4) is 5.75 Å². The lowest BCUT2D eigenvalue weighted by molar-refractivity contribution is -0.115. The van der Waals surface area contributed by atoms with Crippen molar-refractivity contribution in [3.05, 3.63) is 65.7 Å². The van der Waals surface area contributed by atoms with Crippen molar-refractivity contribution in [1.82, 2.24) is 9.62 Å². The van der Waals surface area contributed by atoms with Gasteiger partial charge in [0.25, 0.3) is 0 Å². The van der Waals surface area contributed by atoms with Gasteiger partial charge in [0.05, 0.1) is 18.0 Å². The van der Waals surface area contributed by atoms with E-state index >= 15 is 0 Å². The van der Waals surface area contributed by atoms with Crippen LogP contribution in [0.5, 0.6) is 5.75 Å². The van der Waals surface area contributed by atoms with E-state index in [0.717, 1.165) is 35.5 Å². The fourth-order valence-corrected chi connectivity index (χ4v) is 6.09. The van der Waals surface area contributed by atoms with Crippen LogP contribution in [0.4, 0.5) is 0 Å². The van der Waals surface area contributed by atoms with E-state index in [2.05, 4.69) is 10.3 Å². The topological polar surface area (TPSA) is 88.1 Å². The van der Waals surface area contributed by atoms with E-state index in [-0.39, 0.29) is 16.8 Å². The minimum absolute atomic E-state index is 0.00957. The van der Waals surface area contributed by atoms with Gasteiger partial charge in [-0.2, -0.15) is 4.31 Å². The van der Waals surface area contributed by atoms with Crippen molar-refractivity contribution in [1.29, 1.82) is 0 Å². The van der Waals surface area contributed by atoms with Crippen LogP contribution in [0.1, 0.15) is 43.9 Å². The van der Waals surface area contributed by atoms with Crippen LogP contribution in [0, 0.1) is 0 Å². The zero-order valence-corrected chi connectivity index (χ0v) is 21.4. The van der Waals surface area contributed by atoms with E-state index in [9.17, 15) is 13.2 Å². The minimum atomic E-state index is -3.52. The maximum Gasteiger partial charge on any atom is 0.249 e. The van der Waals surface area contributed by atoms with Crippen molar-refractivity contribution in [3.63, 3.8) is 0 Å². The van der Waals surface area contributed by atoms with E-state index in [1.807, 2.05) is 38.1 Å². The Bertz CT molecular complexity index is 1120. The standard InChI is InChI=1S/C25H31N3O4S2/c1-4-16-28(17-5-2)34(30,31)22-13-6-19(7-14-22)8-15-24(29)27-25-26-23(18-33-25)20-9-11-21(32-3)12-10-20/h6-15,23H,4-5,16-18H2,1-3H3,(H,26,27,29)/b15-8+. The summed E-state index contributed by atoms with van der Waals surface area (Å²) < 4.78 is 32.4. The Hall–Kier alpha value is -2.62. The molecule has 7 nitrogen and oxygen atoms in total. The molecule has 1 heterocycles. The summed E-state index contributed by atoms with van der Waals surface area (Å²) in [6, 6.07) is 14.3. The average Bonchev–Trinajstić information content (AvgIpc) is 3.31. The normalized spacial score (nSPS) is 16.1. The van der Waals surface area contributed by atoms with Gasteiger partial charge >= 0.3 is 0 Å². The first kappa shape index (κ1) is 26.0. The predicted octanol–water partition coefficient (Wildman–Crippen LogP) is 4.48. The lowest BCUT2D eigenvalue weighted by Gasteiger charge is -2.21. The first-order valence-corrected chi connectivity index (χ1v) is 13.7. The molecule has 1 aliphatic rings. The molecule has 3 rings (SSSR count). The number of thioether (sulfide) groups is 1. The van der Waals surface area contributed by atoms with Crippen LogP contribution in [0.2, 0.25) is 0 Å². The van der Waals surface area contributed by atoms with Crippen LogP contribution in [0.25, 0.3) is 6.08 Å². The van der Waals surface area contributed by atoms with Crippen LogP contribution in [0.3, 0.4) is 0 Å². The van der Waals surface area contributed by atoms with E-state index < -0.39 is 10.0 Å². The molecule has 0 saturated carbocycles. The van der Waals surface area contributed by atoms with Crippen molar-refractivity contribution >= 4 is 38.9 Å². The molecule has 182 valence electrons. The number of nitrogens with one attached hydrogen (secondary N) is 1. The number of hydrogen-bond acceptors (Lipinski definition) is 6.